The predicted molar refractivity (Wildman–Crippen MR) is 94.5 cm³/mol. The molecule has 1 amide bonds. The van der Waals surface area contributed by atoms with Gasteiger partial charge >= 0.3 is 0 Å². The predicted octanol–water partition coefficient (Wildman–Crippen LogP) is 2.56. The maximum absolute atomic E-state index is 12.3. The smallest absolute Gasteiger partial charge is 0.290 e. The monoisotopic (exact) mass is 350 g/mol. The molecule has 1 aliphatic rings. The second-order valence-electron chi connectivity index (χ2n) is 6.68. The van der Waals surface area contributed by atoms with Gasteiger partial charge in [-0.1, -0.05) is 0 Å². The topological polar surface area (TPSA) is 106 Å². The maximum atomic E-state index is 12.3. The van der Waals surface area contributed by atoms with Gasteiger partial charge in [-0.2, -0.15) is 0 Å². The lowest BCUT2D eigenvalue weighted by molar-refractivity contribution is -0.385. The first-order valence-corrected chi connectivity index (χ1v) is 8.62. The molecule has 0 saturated carbocycles. The first-order chi connectivity index (χ1) is 11.8. The number of ether oxygens (including phenoxy) is 1. The largest absolute Gasteiger partial charge is 0.368 e. The number of rotatable bonds is 7. The van der Waals surface area contributed by atoms with Crippen LogP contribution in [-0.2, 0) is 9.53 Å². The molecule has 1 aromatic rings. The third kappa shape index (κ3) is 5.12. The summed E-state index contributed by atoms with van der Waals surface area (Å²) in [6.45, 7) is 6.58. The molecule has 0 radical (unpaired) electrons. The second-order valence-corrected chi connectivity index (χ2v) is 6.68. The molecule has 8 nitrogen and oxygen atoms in total. The molecule has 1 aromatic heterocycles. The van der Waals surface area contributed by atoms with Crippen molar-refractivity contribution in [1.82, 2.24) is 10.3 Å². The fraction of sp³-hybridized carbons (Fsp3) is 0.647. The Balaban J connectivity index is 1.79. The number of amides is 1. The van der Waals surface area contributed by atoms with E-state index in [0.29, 0.717) is 31.1 Å². The number of nitrogens with one attached hydrogen (secondary N) is 2. The maximum Gasteiger partial charge on any atom is 0.290 e. The van der Waals surface area contributed by atoms with E-state index in [1.54, 1.807) is 13.0 Å². The van der Waals surface area contributed by atoms with Gasteiger partial charge in [-0.3, -0.25) is 14.9 Å². The van der Waals surface area contributed by atoms with E-state index < -0.39 is 10.5 Å². The van der Waals surface area contributed by atoms with Crippen molar-refractivity contribution in [3.8, 4) is 0 Å². The van der Waals surface area contributed by atoms with E-state index in [0.717, 1.165) is 19.3 Å². The van der Waals surface area contributed by atoms with Crippen LogP contribution in [0.4, 0.5) is 11.5 Å². The molecule has 1 saturated heterocycles. The van der Waals surface area contributed by atoms with Gasteiger partial charge in [-0.05, 0) is 52.5 Å². The number of hydrogen-bond acceptors (Lipinski definition) is 6. The van der Waals surface area contributed by atoms with Gasteiger partial charge in [0.1, 0.15) is 17.1 Å². The van der Waals surface area contributed by atoms with Gasteiger partial charge in [0, 0.05) is 25.3 Å². The number of nitrogens with zero attached hydrogens (tertiary/aromatic N) is 2. The molecule has 0 bridgehead atoms. The van der Waals surface area contributed by atoms with Crippen LogP contribution in [-0.4, -0.2) is 40.6 Å². The Morgan fingerprint density at radius 1 is 1.48 bits per heavy atom. The third-order valence-corrected chi connectivity index (χ3v) is 4.46. The van der Waals surface area contributed by atoms with E-state index in [4.69, 9.17) is 4.74 Å². The molecule has 1 aliphatic heterocycles. The number of carbonyl (C=O) groups excluding carboxylic acids is 1. The van der Waals surface area contributed by atoms with Gasteiger partial charge in [-0.25, -0.2) is 4.98 Å². The summed E-state index contributed by atoms with van der Waals surface area (Å²) in [5.74, 6) is 0.521. The number of carbonyl (C=O) groups is 1. The van der Waals surface area contributed by atoms with Crippen molar-refractivity contribution < 1.29 is 14.5 Å². The van der Waals surface area contributed by atoms with E-state index in [9.17, 15) is 14.9 Å². The lowest BCUT2D eigenvalue weighted by Gasteiger charge is -2.32. The average Bonchev–Trinajstić information content (AvgIpc) is 2.55. The SMILES string of the molecule is Cc1nc(NC(C)CCNC(=O)C2(C)CCCCO2)ccc1[N+](=O)[O-]. The second kappa shape index (κ2) is 8.24. The molecule has 8 heteroatoms. The van der Waals surface area contributed by atoms with Crippen molar-refractivity contribution in [2.24, 2.45) is 0 Å². The number of aromatic nitrogens is 1. The lowest BCUT2D eigenvalue weighted by atomic mass is 9.95. The minimum atomic E-state index is -0.716. The Morgan fingerprint density at radius 2 is 2.24 bits per heavy atom. The summed E-state index contributed by atoms with van der Waals surface area (Å²) < 4.78 is 5.63. The van der Waals surface area contributed by atoms with E-state index in [-0.39, 0.29) is 17.6 Å². The summed E-state index contributed by atoms with van der Waals surface area (Å²) in [6, 6.07) is 3.10. The summed E-state index contributed by atoms with van der Waals surface area (Å²) in [4.78, 5) is 26.8. The van der Waals surface area contributed by atoms with E-state index in [1.165, 1.54) is 6.07 Å². The minimum Gasteiger partial charge on any atom is -0.368 e. The van der Waals surface area contributed by atoms with Crippen LogP contribution in [0.15, 0.2) is 12.1 Å². The van der Waals surface area contributed by atoms with Crippen LogP contribution in [0.25, 0.3) is 0 Å². The van der Waals surface area contributed by atoms with Crippen molar-refractivity contribution in [2.45, 2.75) is 58.1 Å². The first-order valence-electron chi connectivity index (χ1n) is 8.62. The molecule has 0 aromatic carbocycles. The van der Waals surface area contributed by atoms with Crippen molar-refractivity contribution in [3.63, 3.8) is 0 Å². The van der Waals surface area contributed by atoms with Crippen LogP contribution in [0.3, 0.4) is 0 Å². The molecule has 138 valence electrons. The third-order valence-electron chi connectivity index (χ3n) is 4.46. The van der Waals surface area contributed by atoms with Crippen LogP contribution in [0.1, 0.15) is 45.2 Å². The van der Waals surface area contributed by atoms with Crippen LogP contribution < -0.4 is 10.6 Å². The summed E-state index contributed by atoms with van der Waals surface area (Å²) >= 11 is 0. The van der Waals surface area contributed by atoms with Gasteiger partial charge in [0.25, 0.3) is 11.6 Å². The standard InChI is InChI=1S/C17H26N4O4/c1-12(19-15-7-6-14(21(23)24)13(2)20-15)8-10-18-16(22)17(3)9-4-5-11-25-17/h6-7,12H,4-5,8-11H2,1-3H3,(H,18,22)(H,19,20). The summed E-state index contributed by atoms with van der Waals surface area (Å²) in [6.07, 6.45) is 3.47. The number of aryl methyl sites for hydroxylation is 1. The number of anilines is 1. The Kier molecular flexibility index (Phi) is 6.30. The zero-order valence-corrected chi connectivity index (χ0v) is 15.0. The molecule has 25 heavy (non-hydrogen) atoms. The van der Waals surface area contributed by atoms with Gasteiger partial charge < -0.3 is 15.4 Å². The highest BCUT2D eigenvalue weighted by Gasteiger charge is 2.35. The van der Waals surface area contributed by atoms with Crippen molar-refractivity contribution in [3.05, 3.63) is 27.9 Å². The Labute approximate surface area is 147 Å². The molecule has 2 unspecified atom stereocenters. The number of hydrogen-bond donors (Lipinski definition) is 2. The van der Waals surface area contributed by atoms with E-state index in [1.807, 2.05) is 13.8 Å². The zero-order valence-electron chi connectivity index (χ0n) is 15.0. The molecule has 2 atom stereocenters. The molecule has 0 spiro atoms. The van der Waals surface area contributed by atoms with Crippen LogP contribution in [0.2, 0.25) is 0 Å². The minimum absolute atomic E-state index is 0.00573. The summed E-state index contributed by atoms with van der Waals surface area (Å²) in [7, 11) is 0. The van der Waals surface area contributed by atoms with Gasteiger partial charge in [-0.15, -0.1) is 0 Å². The lowest BCUT2D eigenvalue weighted by Crippen LogP contribution is -2.49. The average molecular weight is 350 g/mol. The van der Waals surface area contributed by atoms with E-state index in [2.05, 4.69) is 15.6 Å². The van der Waals surface area contributed by atoms with Crippen molar-refractivity contribution in [1.29, 1.82) is 0 Å². The fourth-order valence-electron chi connectivity index (χ4n) is 2.85. The molecule has 2 N–H and O–H groups in total. The fourth-order valence-corrected chi connectivity index (χ4v) is 2.85. The first kappa shape index (κ1) is 19.1. The summed E-state index contributed by atoms with van der Waals surface area (Å²) in [5.41, 5.74) is -0.338. The van der Waals surface area contributed by atoms with Crippen LogP contribution >= 0.6 is 0 Å². The normalized spacial score (nSPS) is 21.4. The highest BCUT2D eigenvalue weighted by atomic mass is 16.6. The van der Waals surface area contributed by atoms with Gasteiger partial charge in [0.2, 0.25) is 0 Å². The number of pyridine rings is 1. The molecule has 1 fully saturated rings. The molecule has 0 aliphatic carbocycles. The molecule has 2 rings (SSSR count). The number of nitro groups is 1. The zero-order chi connectivity index (χ0) is 18.4. The Bertz CT molecular complexity index is 629. The highest BCUT2D eigenvalue weighted by molar-refractivity contribution is 5.84. The van der Waals surface area contributed by atoms with Crippen LogP contribution in [0, 0.1) is 17.0 Å². The molecule has 2 heterocycles. The van der Waals surface area contributed by atoms with Gasteiger partial charge in [0.05, 0.1) is 4.92 Å². The van der Waals surface area contributed by atoms with Crippen molar-refractivity contribution >= 4 is 17.4 Å². The molecular formula is C17H26N4O4. The summed E-state index contributed by atoms with van der Waals surface area (Å²) in [5, 5.41) is 16.9. The molecular weight excluding hydrogens is 324 g/mol. The Hall–Kier alpha value is -2.22. The van der Waals surface area contributed by atoms with Gasteiger partial charge in [0.15, 0.2) is 0 Å². The highest BCUT2D eigenvalue weighted by Crippen LogP contribution is 2.24. The van der Waals surface area contributed by atoms with Crippen molar-refractivity contribution in [2.75, 3.05) is 18.5 Å². The van der Waals surface area contributed by atoms with E-state index >= 15 is 0 Å². The quantitative estimate of drug-likeness (QED) is 0.578. The Morgan fingerprint density at radius 3 is 2.84 bits per heavy atom. The van der Waals surface area contributed by atoms with Crippen LogP contribution in [0.5, 0.6) is 0 Å².